The van der Waals surface area contributed by atoms with Crippen LogP contribution in [0.1, 0.15) is 53.4 Å². The van der Waals surface area contributed by atoms with Crippen LogP contribution in [0.5, 0.6) is 0 Å². The Labute approximate surface area is 107 Å². The molecule has 0 radical (unpaired) electrons. The standard InChI is InChI=1S/C15H30N2/c1-12(2)10-16-11-13-6-7-14(13)17-9-5-8-15(17,3)4/h12-14,16H,5-11H2,1-4H3. The summed E-state index contributed by atoms with van der Waals surface area (Å²) in [5.41, 5.74) is 0.460. The van der Waals surface area contributed by atoms with Crippen molar-refractivity contribution in [2.45, 2.75) is 65.0 Å². The summed E-state index contributed by atoms with van der Waals surface area (Å²) < 4.78 is 0. The van der Waals surface area contributed by atoms with Gasteiger partial charge in [0.15, 0.2) is 0 Å². The van der Waals surface area contributed by atoms with Crippen molar-refractivity contribution < 1.29 is 0 Å². The smallest absolute Gasteiger partial charge is 0.0156 e. The zero-order chi connectivity index (χ0) is 12.5. The third kappa shape index (κ3) is 3.03. The van der Waals surface area contributed by atoms with Gasteiger partial charge in [-0.25, -0.2) is 0 Å². The van der Waals surface area contributed by atoms with E-state index in [2.05, 4.69) is 37.9 Å². The van der Waals surface area contributed by atoms with Crippen LogP contribution in [0, 0.1) is 11.8 Å². The fourth-order valence-electron chi connectivity index (χ4n) is 3.50. The number of hydrogen-bond acceptors (Lipinski definition) is 2. The van der Waals surface area contributed by atoms with Gasteiger partial charge in [-0.15, -0.1) is 0 Å². The van der Waals surface area contributed by atoms with Crippen LogP contribution in [0.15, 0.2) is 0 Å². The van der Waals surface area contributed by atoms with Gasteiger partial charge in [-0.1, -0.05) is 13.8 Å². The topological polar surface area (TPSA) is 15.3 Å². The van der Waals surface area contributed by atoms with Crippen molar-refractivity contribution in [2.75, 3.05) is 19.6 Å². The maximum Gasteiger partial charge on any atom is 0.0156 e. The second-order valence-corrected chi connectivity index (χ2v) is 7.07. The van der Waals surface area contributed by atoms with Gasteiger partial charge >= 0.3 is 0 Å². The van der Waals surface area contributed by atoms with E-state index in [1.54, 1.807) is 0 Å². The number of nitrogens with zero attached hydrogens (tertiary/aromatic N) is 1. The lowest BCUT2D eigenvalue weighted by molar-refractivity contribution is 0.0175. The first-order valence-electron chi connectivity index (χ1n) is 7.48. The van der Waals surface area contributed by atoms with Crippen LogP contribution in [0.2, 0.25) is 0 Å². The van der Waals surface area contributed by atoms with E-state index < -0.39 is 0 Å². The molecule has 2 unspecified atom stereocenters. The molecule has 2 aliphatic rings. The number of nitrogens with one attached hydrogen (secondary N) is 1. The van der Waals surface area contributed by atoms with Gasteiger partial charge in [0.25, 0.3) is 0 Å². The molecule has 2 heteroatoms. The Morgan fingerprint density at radius 3 is 2.53 bits per heavy atom. The molecule has 0 aromatic carbocycles. The molecule has 2 nitrogen and oxygen atoms in total. The van der Waals surface area contributed by atoms with Gasteiger partial charge in [0, 0.05) is 11.6 Å². The van der Waals surface area contributed by atoms with Crippen LogP contribution in [-0.2, 0) is 0 Å². The second kappa shape index (κ2) is 5.27. The summed E-state index contributed by atoms with van der Waals surface area (Å²) in [6.07, 6.45) is 5.64. The zero-order valence-corrected chi connectivity index (χ0v) is 12.1. The highest BCUT2D eigenvalue weighted by molar-refractivity contribution is 4.99. The van der Waals surface area contributed by atoms with E-state index in [-0.39, 0.29) is 0 Å². The first kappa shape index (κ1) is 13.4. The second-order valence-electron chi connectivity index (χ2n) is 7.07. The first-order chi connectivity index (χ1) is 8.00. The minimum Gasteiger partial charge on any atom is -0.316 e. The third-order valence-corrected chi connectivity index (χ3v) is 4.70. The lowest BCUT2D eigenvalue weighted by Gasteiger charge is -2.48. The third-order valence-electron chi connectivity index (χ3n) is 4.70. The predicted molar refractivity (Wildman–Crippen MR) is 74.2 cm³/mol. The quantitative estimate of drug-likeness (QED) is 0.792. The maximum atomic E-state index is 3.64. The van der Waals surface area contributed by atoms with E-state index in [1.807, 2.05) is 0 Å². The summed E-state index contributed by atoms with van der Waals surface area (Å²) >= 11 is 0. The Hall–Kier alpha value is -0.0800. The number of rotatable bonds is 5. The summed E-state index contributed by atoms with van der Waals surface area (Å²) in [7, 11) is 0. The highest BCUT2D eigenvalue weighted by Crippen LogP contribution is 2.40. The largest absolute Gasteiger partial charge is 0.316 e. The highest BCUT2D eigenvalue weighted by Gasteiger charge is 2.43. The molecule has 0 spiro atoms. The summed E-state index contributed by atoms with van der Waals surface area (Å²) in [6, 6.07) is 0.868. The Morgan fingerprint density at radius 2 is 2.06 bits per heavy atom. The van der Waals surface area contributed by atoms with E-state index >= 15 is 0 Å². The molecule has 0 aromatic rings. The molecular formula is C15H30N2. The van der Waals surface area contributed by atoms with E-state index in [9.17, 15) is 0 Å². The monoisotopic (exact) mass is 238 g/mol. The molecule has 1 heterocycles. The summed E-state index contributed by atoms with van der Waals surface area (Å²) in [5, 5.41) is 3.64. The van der Waals surface area contributed by atoms with Crippen LogP contribution in [-0.4, -0.2) is 36.1 Å². The minimum atomic E-state index is 0.460. The summed E-state index contributed by atoms with van der Waals surface area (Å²) in [4.78, 5) is 2.79. The van der Waals surface area contributed by atoms with Crippen LogP contribution < -0.4 is 5.32 Å². The van der Waals surface area contributed by atoms with Crippen molar-refractivity contribution in [1.82, 2.24) is 10.2 Å². The van der Waals surface area contributed by atoms with Gasteiger partial charge in [-0.3, -0.25) is 4.90 Å². The van der Waals surface area contributed by atoms with E-state index in [0.717, 1.165) is 17.9 Å². The summed E-state index contributed by atoms with van der Waals surface area (Å²) in [5.74, 6) is 1.68. The Kier molecular flexibility index (Phi) is 4.14. The highest BCUT2D eigenvalue weighted by atomic mass is 15.2. The van der Waals surface area contributed by atoms with Crippen LogP contribution in [0.3, 0.4) is 0 Å². The number of likely N-dealkylation sites (tertiary alicyclic amines) is 1. The molecule has 1 N–H and O–H groups in total. The van der Waals surface area contributed by atoms with Crippen molar-refractivity contribution in [2.24, 2.45) is 11.8 Å². The molecule has 1 aliphatic carbocycles. The van der Waals surface area contributed by atoms with Crippen LogP contribution in [0.4, 0.5) is 0 Å². The van der Waals surface area contributed by atoms with Gasteiger partial charge < -0.3 is 5.32 Å². The van der Waals surface area contributed by atoms with Crippen molar-refractivity contribution in [3.05, 3.63) is 0 Å². The van der Waals surface area contributed by atoms with Gasteiger partial charge in [0.2, 0.25) is 0 Å². The fraction of sp³-hybridized carbons (Fsp3) is 1.00. The van der Waals surface area contributed by atoms with Gasteiger partial charge in [0.1, 0.15) is 0 Å². The predicted octanol–water partition coefficient (Wildman–Crippen LogP) is 2.89. The molecule has 1 saturated carbocycles. The molecular weight excluding hydrogens is 208 g/mol. The van der Waals surface area contributed by atoms with E-state index in [4.69, 9.17) is 0 Å². The van der Waals surface area contributed by atoms with Crippen molar-refractivity contribution in [1.29, 1.82) is 0 Å². The molecule has 0 aromatic heterocycles. The van der Waals surface area contributed by atoms with E-state index in [0.29, 0.717) is 5.54 Å². The molecule has 0 bridgehead atoms. The van der Waals surface area contributed by atoms with Crippen molar-refractivity contribution in [3.8, 4) is 0 Å². The molecule has 1 aliphatic heterocycles. The van der Waals surface area contributed by atoms with Crippen molar-refractivity contribution >= 4 is 0 Å². The van der Waals surface area contributed by atoms with E-state index in [1.165, 1.54) is 45.3 Å². The lowest BCUT2D eigenvalue weighted by atomic mass is 9.77. The molecule has 2 rings (SSSR count). The zero-order valence-electron chi connectivity index (χ0n) is 12.1. The fourth-order valence-corrected chi connectivity index (χ4v) is 3.50. The molecule has 100 valence electrons. The molecule has 2 fully saturated rings. The van der Waals surface area contributed by atoms with Crippen LogP contribution >= 0.6 is 0 Å². The van der Waals surface area contributed by atoms with Gasteiger partial charge in [-0.05, 0) is 71.0 Å². The Morgan fingerprint density at radius 1 is 1.29 bits per heavy atom. The normalized spacial score (nSPS) is 33.0. The maximum absolute atomic E-state index is 3.64. The minimum absolute atomic E-state index is 0.460. The molecule has 0 amide bonds. The summed E-state index contributed by atoms with van der Waals surface area (Å²) in [6.45, 7) is 13.2. The Balaban J connectivity index is 1.78. The average Bonchev–Trinajstić information content (AvgIpc) is 2.52. The van der Waals surface area contributed by atoms with Gasteiger partial charge in [0.05, 0.1) is 0 Å². The van der Waals surface area contributed by atoms with Crippen molar-refractivity contribution in [3.63, 3.8) is 0 Å². The lowest BCUT2D eigenvalue weighted by Crippen LogP contribution is -2.55. The first-order valence-corrected chi connectivity index (χ1v) is 7.48. The Bertz CT molecular complexity index is 247. The molecule has 17 heavy (non-hydrogen) atoms. The average molecular weight is 238 g/mol. The van der Waals surface area contributed by atoms with Crippen LogP contribution in [0.25, 0.3) is 0 Å². The SMILES string of the molecule is CC(C)CNCC1CCC1N1CCCC1(C)C. The van der Waals surface area contributed by atoms with Gasteiger partial charge in [-0.2, -0.15) is 0 Å². The molecule has 1 saturated heterocycles. The molecule has 2 atom stereocenters. The number of hydrogen-bond donors (Lipinski definition) is 1.